The highest BCUT2D eigenvalue weighted by Gasteiger charge is 2.31. The molecule has 1 N–H and O–H groups in total. The van der Waals surface area contributed by atoms with Crippen molar-refractivity contribution in [1.29, 1.82) is 0 Å². The van der Waals surface area contributed by atoms with Crippen LogP contribution in [0.4, 0.5) is 0 Å². The van der Waals surface area contributed by atoms with Crippen LogP contribution in [0.15, 0.2) is 0 Å². The zero-order chi connectivity index (χ0) is 15.2. The fourth-order valence-electron chi connectivity index (χ4n) is 4.01. The first-order valence-electron chi connectivity index (χ1n) is 8.60. The third-order valence-corrected chi connectivity index (χ3v) is 5.18. The molecule has 0 spiro atoms. The first kappa shape index (κ1) is 16.3. The molecule has 0 aromatic heterocycles. The van der Waals surface area contributed by atoms with Crippen LogP contribution in [0, 0.1) is 11.8 Å². The van der Waals surface area contributed by atoms with Gasteiger partial charge in [-0.1, -0.05) is 32.6 Å². The maximum atomic E-state index is 12.7. The highest BCUT2D eigenvalue weighted by molar-refractivity contribution is 5.79. The molecule has 1 amide bonds. The van der Waals surface area contributed by atoms with Gasteiger partial charge in [0.2, 0.25) is 5.91 Å². The highest BCUT2D eigenvalue weighted by atomic mass is 16.4. The summed E-state index contributed by atoms with van der Waals surface area (Å²) in [5.41, 5.74) is 0. The fraction of sp³-hybridized carbons (Fsp3) is 0.882. The van der Waals surface area contributed by atoms with Gasteiger partial charge in [-0.15, -0.1) is 0 Å². The number of likely N-dealkylation sites (tertiary alicyclic amines) is 1. The van der Waals surface area contributed by atoms with Crippen molar-refractivity contribution >= 4 is 11.9 Å². The van der Waals surface area contributed by atoms with E-state index in [1.807, 2.05) is 4.90 Å². The van der Waals surface area contributed by atoms with Crippen molar-refractivity contribution in [3.05, 3.63) is 0 Å². The van der Waals surface area contributed by atoms with Crippen LogP contribution in [0.2, 0.25) is 0 Å². The van der Waals surface area contributed by atoms with Crippen LogP contribution >= 0.6 is 0 Å². The van der Waals surface area contributed by atoms with E-state index in [0.717, 1.165) is 38.1 Å². The van der Waals surface area contributed by atoms with Crippen LogP contribution in [0.1, 0.15) is 71.1 Å². The first-order chi connectivity index (χ1) is 10.1. The number of carboxylic acid groups (broad SMARTS) is 1. The number of carbonyl (C=O) groups excluding carboxylic acids is 1. The number of amides is 1. The molecule has 1 saturated heterocycles. The van der Waals surface area contributed by atoms with E-state index in [-0.39, 0.29) is 24.3 Å². The van der Waals surface area contributed by atoms with Crippen LogP contribution in [0.25, 0.3) is 0 Å². The lowest BCUT2D eigenvalue weighted by molar-refractivity contribution is -0.142. The standard InChI is InChI=1S/C17H29NO3/c1-13(12-14-6-2-3-7-14)17(21)18-11-5-4-8-15(18)9-10-16(19)20/h13-15H,2-12H2,1H3,(H,19,20). The average molecular weight is 295 g/mol. The van der Waals surface area contributed by atoms with E-state index in [4.69, 9.17) is 5.11 Å². The second kappa shape index (κ2) is 7.81. The van der Waals surface area contributed by atoms with Crippen molar-refractivity contribution in [2.24, 2.45) is 11.8 Å². The lowest BCUT2D eigenvalue weighted by atomic mass is 9.91. The van der Waals surface area contributed by atoms with Gasteiger partial charge in [0, 0.05) is 24.9 Å². The van der Waals surface area contributed by atoms with Crippen molar-refractivity contribution < 1.29 is 14.7 Å². The molecule has 1 saturated carbocycles. The molecule has 2 atom stereocenters. The Balaban J connectivity index is 1.88. The minimum atomic E-state index is -0.757. The summed E-state index contributed by atoms with van der Waals surface area (Å²) in [6, 6.07) is 0.147. The summed E-state index contributed by atoms with van der Waals surface area (Å²) in [4.78, 5) is 25.5. The van der Waals surface area contributed by atoms with Crippen LogP contribution < -0.4 is 0 Å². The molecule has 4 heteroatoms. The lowest BCUT2D eigenvalue weighted by Crippen LogP contribution is -2.46. The van der Waals surface area contributed by atoms with Gasteiger partial charge in [-0.25, -0.2) is 0 Å². The Bertz CT molecular complexity index is 363. The van der Waals surface area contributed by atoms with E-state index >= 15 is 0 Å². The van der Waals surface area contributed by atoms with Gasteiger partial charge in [-0.2, -0.15) is 0 Å². The molecule has 0 bridgehead atoms. The summed E-state index contributed by atoms with van der Waals surface area (Å²) in [5, 5.41) is 8.86. The maximum absolute atomic E-state index is 12.7. The molecule has 21 heavy (non-hydrogen) atoms. The minimum absolute atomic E-state index is 0.0959. The Morgan fingerprint density at radius 1 is 1.14 bits per heavy atom. The molecule has 1 heterocycles. The predicted octanol–water partition coefficient (Wildman–Crippen LogP) is 3.45. The number of hydrogen-bond acceptors (Lipinski definition) is 2. The van der Waals surface area contributed by atoms with Crippen LogP contribution in [-0.4, -0.2) is 34.5 Å². The van der Waals surface area contributed by atoms with E-state index in [1.54, 1.807) is 0 Å². The molecule has 0 radical (unpaired) electrons. The Morgan fingerprint density at radius 3 is 2.48 bits per heavy atom. The summed E-state index contributed by atoms with van der Waals surface area (Å²) < 4.78 is 0. The number of nitrogens with zero attached hydrogens (tertiary/aromatic N) is 1. The summed E-state index contributed by atoms with van der Waals surface area (Å²) in [5.74, 6) is 0.328. The van der Waals surface area contributed by atoms with Crippen LogP contribution in [0.3, 0.4) is 0 Å². The lowest BCUT2D eigenvalue weighted by Gasteiger charge is -2.37. The van der Waals surface area contributed by atoms with Gasteiger partial charge in [0.05, 0.1) is 0 Å². The SMILES string of the molecule is CC(CC1CCCC1)C(=O)N1CCCCC1CCC(=O)O. The van der Waals surface area contributed by atoms with E-state index in [1.165, 1.54) is 25.7 Å². The molecule has 1 aliphatic carbocycles. The maximum Gasteiger partial charge on any atom is 0.303 e. The molecule has 1 aliphatic heterocycles. The Kier molecular flexibility index (Phi) is 6.07. The van der Waals surface area contributed by atoms with E-state index in [0.29, 0.717) is 6.42 Å². The van der Waals surface area contributed by atoms with Crippen LogP contribution in [0.5, 0.6) is 0 Å². The molecular weight excluding hydrogens is 266 g/mol. The van der Waals surface area contributed by atoms with Gasteiger partial charge in [0.15, 0.2) is 0 Å². The topological polar surface area (TPSA) is 57.6 Å². The van der Waals surface area contributed by atoms with Gasteiger partial charge in [-0.05, 0) is 38.0 Å². The van der Waals surface area contributed by atoms with Gasteiger partial charge in [0.25, 0.3) is 0 Å². The highest BCUT2D eigenvalue weighted by Crippen LogP contribution is 2.32. The summed E-state index contributed by atoms with van der Waals surface area (Å²) >= 11 is 0. The summed E-state index contributed by atoms with van der Waals surface area (Å²) in [7, 11) is 0. The smallest absolute Gasteiger partial charge is 0.303 e. The average Bonchev–Trinajstić information content (AvgIpc) is 2.97. The molecule has 2 fully saturated rings. The number of carboxylic acids is 1. The van der Waals surface area contributed by atoms with Crippen LogP contribution in [-0.2, 0) is 9.59 Å². The Labute approximate surface area is 127 Å². The van der Waals surface area contributed by atoms with Gasteiger partial charge in [-0.3, -0.25) is 9.59 Å². The van der Waals surface area contributed by atoms with Crippen molar-refractivity contribution in [2.75, 3.05) is 6.54 Å². The van der Waals surface area contributed by atoms with E-state index in [9.17, 15) is 9.59 Å². The third-order valence-electron chi connectivity index (χ3n) is 5.18. The monoisotopic (exact) mass is 295 g/mol. The molecule has 2 aliphatic rings. The molecule has 0 aromatic carbocycles. The zero-order valence-corrected chi connectivity index (χ0v) is 13.2. The fourth-order valence-corrected chi connectivity index (χ4v) is 4.01. The Hall–Kier alpha value is -1.06. The molecule has 4 nitrogen and oxygen atoms in total. The minimum Gasteiger partial charge on any atom is -0.481 e. The van der Waals surface area contributed by atoms with Crippen molar-refractivity contribution in [3.63, 3.8) is 0 Å². The normalized spacial score (nSPS) is 25.0. The van der Waals surface area contributed by atoms with Crippen molar-refractivity contribution in [2.45, 2.75) is 77.2 Å². The number of hydrogen-bond donors (Lipinski definition) is 1. The third kappa shape index (κ3) is 4.72. The van der Waals surface area contributed by atoms with Gasteiger partial charge < -0.3 is 10.0 Å². The second-order valence-corrected chi connectivity index (χ2v) is 6.90. The van der Waals surface area contributed by atoms with Crippen molar-refractivity contribution in [1.82, 2.24) is 4.90 Å². The van der Waals surface area contributed by atoms with E-state index in [2.05, 4.69) is 6.92 Å². The number of piperidine rings is 1. The molecule has 2 rings (SSSR count). The quantitative estimate of drug-likeness (QED) is 0.816. The first-order valence-corrected chi connectivity index (χ1v) is 8.60. The number of aliphatic carboxylic acids is 1. The summed E-state index contributed by atoms with van der Waals surface area (Å²) in [6.07, 6.45) is 10.1. The molecular formula is C17H29NO3. The van der Waals surface area contributed by atoms with E-state index < -0.39 is 5.97 Å². The van der Waals surface area contributed by atoms with Crippen molar-refractivity contribution in [3.8, 4) is 0 Å². The summed E-state index contributed by atoms with van der Waals surface area (Å²) in [6.45, 7) is 2.88. The van der Waals surface area contributed by atoms with Gasteiger partial charge in [0.1, 0.15) is 0 Å². The molecule has 0 aromatic rings. The number of carbonyl (C=O) groups is 2. The zero-order valence-electron chi connectivity index (χ0n) is 13.2. The predicted molar refractivity (Wildman–Crippen MR) is 82.0 cm³/mol. The second-order valence-electron chi connectivity index (χ2n) is 6.90. The number of rotatable bonds is 6. The van der Waals surface area contributed by atoms with Gasteiger partial charge >= 0.3 is 5.97 Å². The molecule has 120 valence electrons. The largest absolute Gasteiger partial charge is 0.481 e. The molecule has 2 unspecified atom stereocenters. The Morgan fingerprint density at radius 2 is 1.81 bits per heavy atom.